The van der Waals surface area contributed by atoms with Crippen LogP contribution in [0.1, 0.15) is 111 Å². The van der Waals surface area contributed by atoms with E-state index in [1.165, 1.54) is 10.4 Å². The molecule has 2 aliphatic heterocycles. The number of anilines is 1. The summed E-state index contributed by atoms with van der Waals surface area (Å²) in [4.78, 5) is 39.2. The lowest BCUT2D eigenvalue weighted by Crippen LogP contribution is -2.41. The number of aliphatic imine (C=N–C) groups is 1. The number of hydrogen-bond acceptors (Lipinski definition) is 13. The Morgan fingerprint density at radius 1 is 0.968 bits per heavy atom. The fourth-order valence-electron chi connectivity index (χ4n) is 8.62. The van der Waals surface area contributed by atoms with E-state index < -0.39 is 0 Å². The van der Waals surface area contributed by atoms with Crippen molar-refractivity contribution in [1.29, 1.82) is 5.26 Å². The number of fused-ring (bicyclic) bond motifs is 3. The smallest absolute Gasteiger partial charge is 0.272 e. The molecule has 1 atom stereocenters. The molecule has 9 rings (SSSR count). The molecule has 6 heterocycles. The van der Waals surface area contributed by atoms with Gasteiger partial charge in [-0.25, -0.2) is 4.98 Å². The van der Waals surface area contributed by atoms with E-state index >= 15 is 0 Å². The van der Waals surface area contributed by atoms with Gasteiger partial charge in [-0.05, 0) is 101 Å². The number of ether oxygens (including phenoxy) is 1. The van der Waals surface area contributed by atoms with Crippen LogP contribution in [0.5, 0.6) is 5.75 Å². The lowest BCUT2D eigenvalue weighted by atomic mass is 9.92. The number of piperidine rings is 1. The molecule has 322 valence electrons. The molecule has 15 nitrogen and oxygen atoms in total. The quantitative estimate of drug-likeness (QED) is 0.130. The van der Waals surface area contributed by atoms with E-state index in [1.54, 1.807) is 48.1 Å². The van der Waals surface area contributed by atoms with Crippen molar-refractivity contribution in [2.75, 3.05) is 25.0 Å². The van der Waals surface area contributed by atoms with Crippen molar-refractivity contribution >= 4 is 46.2 Å². The number of benzene rings is 2. The van der Waals surface area contributed by atoms with Crippen LogP contribution < -0.4 is 15.4 Å². The van der Waals surface area contributed by atoms with Crippen molar-refractivity contribution < 1.29 is 18.7 Å². The Labute approximate surface area is 373 Å². The number of halogens is 1. The fraction of sp³-hybridized carbons (Fsp3) is 0.370. The number of carbonyl (C=O) groups excluding carboxylic acids is 2. The molecular weight excluding hydrogens is 838 g/mol. The minimum absolute atomic E-state index is 0.0115. The second-order valence-corrected chi connectivity index (χ2v) is 17.9. The number of rotatable bonds is 11. The van der Waals surface area contributed by atoms with E-state index in [1.807, 2.05) is 42.2 Å². The van der Waals surface area contributed by atoms with Gasteiger partial charge in [-0.3, -0.25) is 19.1 Å². The predicted molar refractivity (Wildman–Crippen MR) is 238 cm³/mol. The van der Waals surface area contributed by atoms with E-state index in [0.29, 0.717) is 41.7 Å². The number of aromatic nitrogens is 6. The molecule has 0 bridgehead atoms. The second kappa shape index (κ2) is 18.1. The van der Waals surface area contributed by atoms with Gasteiger partial charge in [0.05, 0.1) is 47.3 Å². The number of oxazole rings is 1. The van der Waals surface area contributed by atoms with Crippen LogP contribution in [0.15, 0.2) is 76.5 Å². The third-order valence-electron chi connectivity index (χ3n) is 12.2. The highest BCUT2D eigenvalue weighted by atomic mass is 35.5. The van der Waals surface area contributed by atoms with Crippen molar-refractivity contribution in [3.05, 3.63) is 128 Å². The van der Waals surface area contributed by atoms with Crippen LogP contribution in [0.25, 0.3) is 5.00 Å². The van der Waals surface area contributed by atoms with Crippen LogP contribution in [-0.2, 0) is 11.2 Å². The molecule has 1 saturated heterocycles. The summed E-state index contributed by atoms with van der Waals surface area (Å²) in [5.41, 5.74) is 6.42. The molecule has 4 aromatic heterocycles. The predicted octanol–water partition coefficient (Wildman–Crippen LogP) is 7.63. The summed E-state index contributed by atoms with van der Waals surface area (Å²) in [6, 6.07) is 18.5. The Hall–Kier alpha value is -6.44. The van der Waals surface area contributed by atoms with Crippen LogP contribution in [0.4, 0.5) is 5.69 Å². The maximum atomic E-state index is 13.4. The zero-order valence-corrected chi connectivity index (χ0v) is 36.7. The highest BCUT2D eigenvalue weighted by molar-refractivity contribution is 7.15. The molecule has 2 aromatic carbocycles. The minimum atomic E-state index is -0.357. The molecule has 63 heavy (non-hydrogen) atoms. The van der Waals surface area contributed by atoms with Gasteiger partial charge >= 0.3 is 0 Å². The molecular formula is C46H46ClN11O4S. The Morgan fingerprint density at radius 2 is 1.76 bits per heavy atom. The third kappa shape index (κ3) is 8.93. The second-order valence-electron chi connectivity index (χ2n) is 16.3. The summed E-state index contributed by atoms with van der Waals surface area (Å²) in [6.45, 7) is 7.62. The van der Waals surface area contributed by atoms with Gasteiger partial charge in [0, 0.05) is 52.8 Å². The molecule has 0 radical (unpaired) electrons. The van der Waals surface area contributed by atoms with Crippen LogP contribution >= 0.6 is 22.9 Å². The maximum Gasteiger partial charge on any atom is 0.272 e. The number of amides is 2. The van der Waals surface area contributed by atoms with Crippen molar-refractivity contribution in [3.8, 4) is 16.8 Å². The number of aryl methyl sites for hydroxylation is 2. The summed E-state index contributed by atoms with van der Waals surface area (Å²) in [5, 5.41) is 34.7. The molecule has 0 unspecified atom stereocenters. The van der Waals surface area contributed by atoms with Crippen molar-refractivity contribution in [2.24, 2.45) is 4.99 Å². The molecule has 0 spiro atoms. The number of likely N-dealkylation sites (tertiary alicyclic amines) is 1. The third-order valence-corrected chi connectivity index (χ3v) is 13.8. The average Bonchev–Trinajstić information content (AvgIpc) is 4.01. The zero-order valence-electron chi connectivity index (χ0n) is 35.2. The summed E-state index contributed by atoms with van der Waals surface area (Å²) >= 11 is 7.87. The van der Waals surface area contributed by atoms with E-state index in [9.17, 15) is 9.59 Å². The Kier molecular flexibility index (Phi) is 12.0. The van der Waals surface area contributed by atoms with Gasteiger partial charge in [-0.2, -0.15) is 10.4 Å². The monoisotopic (exact) mass is 883 g/mol. The van der Waals surface area contributed by atoms with Gasteiger partial charge in [0.25, 0.3) is 5.91 Å². The highest BCUT2D eigenvalue weighted by Gasteiger charge is 2.33. The molecule has 6 aromatic rings. The molecule has 2 N–H and O–H groups in total. The first-order valence-corrected chi connectivity index (χ1v) is 22.4. The zero-order chi connectivity index (χ0) is 43.6. The number of carbonyl (C=O) groups is 2. The Balaban J connectivity index is 0.758. The summed E-state index contributed by atoms with van der Waals surface area (Å²) in [7, 11) is 0. The lowest BCUT2D eigenvalue weighted by Gasteiger charge is -2.31. The van der Waals surface area contributed by atoms with E-state index in [0.717, 1.165) is 83.4 Å². The lowest BCUT2D eigenvalue weighted by molar-refractivity contribution is -0.130. The van der Waals surface area contributed by atoms with Crippen LogP contribution in [0, 0.1) is 32.1 Å². The highest BCUT2D eigenvalue weighted by Crippen LogP contribution is 2.40. The number of nitrogens with one attached hydrogen (secondary N) is 2. The number of thiophene rings is 1. The first-order chi connectivity index (χ1) is 30.6. The normalized spacial score (nSPS) is 18.7. The minimum Gasteiger partial charge on any atom is -0.490 e. The summed E-state index contributed by atoms with van der Waals surface area (Å²) in [5.74, 6) is 2.71. The summed E-state index contributed by atoms with van der Waals surface area (Å²) in [6.07, 6.45) is 8.30. The molecule has 2 amide bonds. The van der Waals surface area contributed by atoms with Crippen LogP contribution in [0.3, 0.4) is 0 Å². The average molecular weight is 884 g/mol. The van der Waals surface area contributed by atoms with Crippen molar-refractivity contribution in [3.63, 3.8) is 0 Å². The fourth-order valence-corrected chi connectivity index (χ4v) is 10.0. The summed E-state index contributed by atoms with van der Waals surface area (Å²) < 4.78 is 13.8. The Morgan fingerprint density at radius 3 is 2.46 bits per heavy atom. The van der Waals surface area contributed by atoms with Gasteiger partial charge in [0.2, 0.25) is 5.91 Å². The largest absolute Gasteiger partial charge is 0.490 e. The van der Waals surface area contributed by atoms with Gasteiger partial charge in [-0.1, -0.05) is 23.7 Å². The SMILES string of the molecule is Cc1sc2c(c1C)C(c1ccc(NCC(=O)N3CCC(c4ccc(C(=O)NC5CCC(Oc6ccc(C#N)c(Cl)c6)CC5)nn4)CC3)cc1)=N[C@H](Cc1ncco1)c1nnc(C)n1-2. The van der Waals surface area contributed by atoms with Gasteiger partial charge in [0.1, 0.15) is 34.9 Å². The van der Waals surface area contributed by atoms with Crippen molar-refractivity contribution in [2.45, 2.75) is 89.8 Å². The number of hydrogen-bond donors (Lipinski definition) is 2. The Bertz CT molecular complexity index is 2690. The molecule has 3 aliphatic rings. The number of nitriles is 1. The van der Waals surface area contributed by atoms with Gasteiger partial charge < -0.3 is 24.7 Å². The maximum absolute atomic E-state index is 13.4. The van der Waals surface area contributed by atoms with Gasteiger partial charge in [-0.15, -0.1) is 26.6 Å². The molecule has 1 aliphatic carbocycles. The number of nitrogens with zero attached hydrogens (tertiary/aromatic N) is 9. The topological polar surface area (TPSA) is 189 Å². The molecule has 1 saturated carbocycles. The standard InChI is InChI=1S/C46H46ClN11O4S/c1-26-27(2)63-46-42(26)43(52-39(23-40-49-18-21-61-40)44-56-53-28(3)58(44)46)30-4-7-32(8-5-30)50-25-41(59)57-19-16-29(17-20-57)37-14-15-38(55-54-37)45(60)51-33-9-12-34(13-10-33)62-35-11-6-31(24-48)36(47)22-35/h4-8,11,14-15,18,21-22,29,33-34,39,50H,9-10,12-13,16-17,19-20,23,25H2,1-3H3,(H,51,60)/t33?,34?,39-/m1/s1. The van der Waals surface area contributed by atoms with Crippen LogP contribution in [0.2, 0.25) is 5.02 Å². The van der Waals surface area contributed by atoms with E-state index in [4.69, 9.17) is 31.0 Å². The van der Waals surface area contributed by atoms with Crippen LogP contribution in [-0.4, -0.2) is 84.2 Å². The first-order valence-electron chi connectivity index (χ1n) is 21.2. The molecule has 2 fully saturated rings. The molecule has 17 heteroatoms. The van der Waals surface area contributed by atoms with Crippen molar-refractivity contribution in [1.82, 2.24) is 40.2 Å². The van der Waals surface area contributed by atoms with E-state index in [-0.39, 0.29) is 48.2 Å². The van der Waals surface area contributed by atoms with Gasteiger partial charge in [0.15, 0.2) is 17.4 Å². The first kappa shape index (κ1) is 41.9. The van der Waals surface area contributed by atoms with E-state index in [2.05, 4.69) is 60.5 Å².